The number of aromatic carboxylic acids is 1. The first-order chi connectivity index (χ1) is 12.6. The van der Waals surface area contributed by atoms with E-state index in [0.29, 0.717) is 5.76 Å². The Hall–Kier alpha value is -3.80. The van der Waals surface area contributed by atoms with E-state index in [0.717, 1.165) is 16.5 Å². The fourth-order valence-corrected chi connectivity index (χ4v) is 2.33. The second-order valence-corrected chi connectivity index (χ2v) is 5.24. The molecule has 0 unspecified atom stereocenters. The van der Waals surface area contributed by atoms with Crippen LogP contribution in [-0.2, 0) is 0 Å². The van der Waals surface area contributed by atoms with Gasteiger partial charge in [0.15, 0.2) is 5.76 Å². The number of nitrogens with one attached hydrogen (secondary N) is 1. The lowest BCUT2D eigenvalue weighted by Crippen LogP contribution is -2.10. The molecule has 0 aliphatic carbocycles. The van der Waals surface area contributed by atoms with Crippen molar-refractivity contribution in [2.45, 2.75) is 0 Å². The Kier molecular flexibility index (Phi) is 5.14. The summed E-state index contributed by atoms with van der Waals surface area (Å²) in [6, 6.07) is 20.0. The largest absolute Gasteiger partial charge is 0.475 e. The van der Waals surface area contributed by atoms with Gasteiger partial charge in [-0.2, -0.15) is 0 Å². The number of carbonyl (C=O) groups excluding carboxylic acids is 1. The average molecular weight is 349 g/mol. The van der Waals surface area contributed by atoms with Gasteiger partial charge in [0, 0.05) is 11.1 Å². The Labute approximate surface area is 148 Å². The molecule has 0 saturated heterocycles. The zero-order valence-corrected chi connectivity index (χ0v) is 13.6. The normalized spacial score (nSPS) is 10.0. The summed E-state index contributed by atoms with van der Waals surface area (Å²) in [5.74, 6) is -0.987. The summed E-state index contributed by atoms with van der Waals surface area (Å²) in [6.45, 7) is 0. The molecule has 0 radical (unpaired) electrons. The Bertz CT molecular complexity index is 999. The summed E-state index contributed by atoms with van der Waals surface area (Å²) in [5.41, 5.74) is 0.787. The number of rotatable bonds is 3. The van der Waals surface area contributed by atoms with E-state index in [-0.39, 0.29) is 11.7 Å². The molecule has 0 aliphatic heterocycles. The molecule has 1 amide bonds. The highest BCUT2D eigenvalue weighted by Gasteiger charge is 2.10. The lowest BCUT2D eigenvalue weighted by atomic mass is 10.1. The zero-order chi connectivity index (χ0) is 18.4. The first kappa shape index (κ1) is 17.0. The number of furan rings is 2. The number of fused-ring (bicyclic) bond motifs is 1. The van der Waals surface area contributed by atoms with Gasteiger partial charge in [-0.15, -0.1) is 0 Å². The van der Waals surface area contributed by atoms with Crippen molar-refractivity contribution < 1.29 is 23.5 Å². The Balaban J connectivity index is 0.000000206. The standard InChI is InChI=1S/C15H11NO2.C5H4O3/c17-15(14-9-4-10-18-14)16-13-8-3-6-11-5-1-2-7-12(11)13;6-5(7)4-2-1-3-8-4/h1-10H,(H,16,17);1-3H,(H,6,7). The number of carbonyl (C=O) groups is 2. The van der Waals surface area contributed by atoms with E-state index in [4.69, 9.17) is 9.52 Å². The van der Waals surface area contributed by atoms with E-state index >= 15 is 0 Å². The molecular formula is C20H15NO5. The smallest absolute Gasteiger partial charge is 0.371 e. The zero-order valence-electron chi connectivity index (χ0n) is 13.6. The van der Waals surface area contributed by atoms with E-state index in [1.165, 1.54) is 24.7 Å². The lowest BCUT2D eigenvalue weighted by molar-refractivity contribution is 0.0662. The third-order valence-electron chi connectivity index (χ3n) is 3.51. The molecule has 6 nitrogen and oxygen atoms in total. The fourth-order valence-electron chi connectivity index (χ4n) is 2.33. The Morgan fingerprint density at radius 1 is 0.769 bits per heavy atom. The molecular weight excluding hydrogens is 334 g/mol. The highest BCUT2D eigenvalue weighted by atomic mass is 16.4. The Morgan fingerprint density at radius 2 is 1.42 bits per heavy atom. The summed E-state index contributed by atoms with van der Waals surface area (Å²) in [7, 11) is 0. The molecule has 0 atom stereocenters. The SMILES string of the molecule is O=C(Nc1cccc2ccccc12)c1ccco1.O=C(O)c1ccco1. The molecule has 0 fully saturated rings. The van der Waals surface area contributed by atoms with Crippen LogP contribution >= 0.6 is 0 Å². The first-order valence-electron chi connectivity index (χ1n) is 7.74. The summed E-state index contributed by atoms with van der Waals surface area (Å²) in [5, 5.41) is 13.1. The van der Waals surface area contributed by atoms with Crippen LogP contribution in [0.5, 0.6) is 0 Å². The number of carboxylic acid groups (broad SMARTS) is 1. The predicted molar refractivity (Wildman–Crippen MR) is 96.3 cm³/mol. The highest BCUT2D eigenvalue weighted by Crippen LogP contribution is 2.23. The predicted octanol–water partition coefficient (Wildman–Crippen LogP) is 4.66. The summed E-state index contributed by atoms with van der Waals surface area (Å²) < 4.78 is 9.56. The molecule has 0 bridgehead atoms. The van der Waals surface area contributed by atoms with Crippen LogP contribution < -0.4 is 5.32 Å². The minimum absolute atomic E-state index is 0.0231. The second kappa shape index (κ2) is 7.85. The van der Waals surface area contributed by atoms with Gasteiger partial charge in [-0.1, -0.05) is 36.4 Å². The number of carboxylic acids is 1. The second-order valence-electron chi connectivity index (χ2n) is 5.24. The van der Waals surface area contributed by atoms with Crippen LogP contribution in [0.25, 0.3) is 10.8 Å². The summed E-state index contributed by atoms with van der Waals surface area (Å²) in [4.78, 5) is 21.9. The quantitative estimate of drug-likeness (QED) is 0.561. The molecule has 26 heavy (non-hydrogen) atoms. The van der Waals surface area contributed by atoms with Crippen molar-refractivity contribution in [1.82, 2.24) is 0 Å². The van der Waals surface area contributed by atoms with Crippen LogP contribution in [0.2, 0.25) is 0 Å². The lowest BCUT2D eigenvalue weighted by Gasteiger charge is -2.07. The maximum Gasteiger partial charge on any atom is 0.371 e. The van der Waals surface area contributed by atoms with Crippen molar-refractivity contribution in [3.63, 3.8) is 0 Å². The molecule has 4 rings (SSSR count). The average Bonchev–Trinajstić information content (AvgIpc) is 3.36. The van der Waals surface area contributed by atoms with Crippen LogP contribution in [0.4, 0.5) is 5.69 Å². The molecule has 2 aromatic heterocycles. The molecule has 0 saturated carbocycles. The van der Waals surface area contributed by atoms with Crippen molar-refractivity contribution >= 4 is 28.3 Å². The van der Waals surface area contributed by atoms with Gasteiger partial charge in [0.05, 0.1) is 12.5 Å². The molecule has 2 heterocycles. The van der Waals surface area contributed by atoms with Crippen molar-refractivity contribution in [2.75, 3.05) is 5.32 Å². The molecule has 0 aliphatic rings. The van der Waals surface area contributed by atoms with Gasteiger partial charge in [0.1, 0.15) is 0 Å². The minimum Gasteiger partial charge on any atom is -0.475 e. The van der Waals surface area contributed by atoms with E-state index in [1.807, 2.05) is 42.5 Å². The van der Waals surface area contributed by atoms with Crippen LogP contribution in [-0.4, -0.2) is 17.0 Å². The molecule has 4 aromatic rings. The highest BCUT2D eigenvalue weighted by molar-refractivity contribution is 6.07. The van der Waals surface area contributed by atoms with E-state index < -0.39 is 5.97 Å². The molecule has 2 N–H and O–H groups in total. The van der Waals surface area contributed by atoms with Gasteiger partial charge in [0.25, 0.3) is 5.91 Å². The van der Waals surface area contributed by atoms with Crippen molar-refractivity contribution in [1.29, 1.82) is 0 Å². The number of hydrogen-bond donors (Lipinski definition) is 2. The monoisotopic (exact) mass is 349 g/mol. The van der Waals surface area contributed by atoms with Crippen molar-refractivity contribution in [3.05, 3.63) is 90.8 Å². The maximum absolute atomic E-state index is 11.9. The topological polar surface area (TPSA) is 92.7 Å². The van der Waals surface area contributed by atoms with Crippen LogP contribution in [0.1, 0.15) is 21.1 Å². The number of anilines is 1. The van der Waals surface area contributed by atoms with Gasteiger partial charge >= 0.3 is 5.97 Å². The van der Waals surface area contributed by atoms with Gasteiger partial charge in [-0.3, -0.25) is 4.79 Å². The minimum atomic E-state index is -1.03. The summed E-state index contributed by atoms with van der Waals surface area (Å²) in [6.07, 6.45) is 2.81. The summed E-state index contributed by atoms with van der Waals surface area (Å²) >= 11 is 0. The number of amides is 1. The Morgan fingerprint density at radius 3 is 2.04 bits per heavy atom. The van der Waals surface area contributed by atoms with Crippen molar-refractivity contribution in [2.24, 2.45) is 0 Å². The van der Waals surface area contributed by atoms with E-state index in [1.54, 1.807) is 12.1 Å². The first-order valence-corrected chi connectivity index (χ1v) is 7.74. The van der Waals surface area contributed by atoms with E-state index in [2.05, 4.69) is 9.73 Å². The number of hydrogen-bond acceptors (Lipinski definition) is 4. The van der Waals surface area contributed by atoms with Crippen molar-refractivity contribution in [3.8, 4) is 0 Å². The van der Waals surface area contributed by atoms with Crippen LogP contribution in [0, 0.1) is 0 Å². The van der Waals surface area contributed by atoms with E-state index in [9.17, 15) is 9.59 Å². The molecule has 130 valence electrons. The molecule has 6 heteroatoms. The third kappa shape index (κ3) is 3.99. The molecule has 0 spiro atoms. The van der Waals surface area contributed by atoms with Crippen LogP contribution in [0.3, 0.4) is 0 Å². The third-order valence-corrected chi connectivity index (χ3v) is 3.51. The maximum atomic E-state index is 11.9. The molecule has 2 aromatic carbocycles. The van der Waals surface area contributed by atoms with Crippen LogP contribution in [0.15, 0.2) is 88.1 Å². The fraction of sp³-hybridized carbons (Fsp3) is 0. The number of benzene rings is 2. The van der Waals surface area contributed by atoms with Gasteiger partial charge < -0.3 is 19.3 Å². The van der Waals surface area contributed by atoms with Gasteiger partial charge in [-0.25, -0.2) is 4.79 Å². The van der Waals surface area contributed by atoms with Gasteiger partial charge in [-0.05, 0) is 35.7 Å². The van der Waals surface area contributed by atoms with Gasteiger partial charge in [0.2, 0.25) is 5.76 Å².